The van der Waals surface area contributed by atoms with Gasteiger partial charge in [0.25, 0.3) is 0 Å². The molecule has 2 aromatic rings. The third kappa shape index (κ3) is 2.94. The van der Waals surface area contributed by atoms with Gasteiger partial charge in [0.2, 0.25) is 0 Å². The molecule has 0 amide bonds. The van der Waals surface area contributed by atoms with Crippen LogP contribution in [-0.4, -0.2) is 39.4 Å². The van der Waals surface area contributed by atoms with Crippen molar-refractivity contribution >= 4 is 16.9 Å². The molecule has 1 radical (unpaired) electrons. The van der Waals surface area contributed by atoms with E-state index < -0.39 is 0 Å². The minimum atomic E-state index is 0. The van der Waals surface area contributed by atoms with E-state index in [0.29, 0.717) is 11.5 Å². The summed E-state index contributed by atoms with van der Waals surface area (Å²) in [6.45, 7) is 6.92. The molecule has 0 aliphatic carbocycles. The Hall–Kier alpha value is -1.03. The van der Waals surface area contributed by atoms with E-state index in [-0.39, 0.29) is 33.1 Å². The first-order chi connectivity index (χ1) is 8.79. The Morgan fingerprint density at radius 3 is 2.74 bits per heavy atom. The zero-order valence-electron chi connectivity index (χ0n) is 11.3. The van der Waals surface area contributed by atoms with E-state index in [1.807, 2.05) is 20.8 Å². The van der Waals surface area contributed by atoms with Gasteiger partial charge in [0, 0.05) is 44.4 Å². The van der Waals surface area contributed by atoms with Crippen LogP contribution in [-0.2, 0) is 20.4 Å². The fourth-order valence-electron chi connectivity index (χ4n) is 2.01. The van der Waals surface area contributed by atoms with Gasteiger partial charge in [0.1, 0.15) is 5.82 Å². The average Bonchev–Trinajstić information content (AvgIpc) is 2.79. The van der Waals surface area contributed by atoms with Crippen LogP contribution in [0, 0.1) is 6.92 Å². The smallest absolute Gasteiger partial charge is 0.137 e. The van der Waals surface area contributed by atoms with Crippen LogP contribution in [0.15, 0.2) is 6.20 Å². The molecule has 3 heterocycles. The molecule has 1 unspecified atom stereocenters. The molecular formula is C12H18N5ORe-. The standard InChI is InChI=1S/C10H12N5O.C2H6.Re/c1-6-12-9-8(4-11-14-9)10(13-6)15-3-2-7(15)5-16;1-2;/h4,7,16H,2-3,5H2,1H3;1-2H3;/q-1;;. The van der Waals surface area contributed by atoms with Crippen molar-refractivity contribution in [3.8, 4) is 0 Å². The fourth-order valence-corrected chi connectivity index (χ4v) is 2.01. The van der Waals surface area contributed by atoms with Gasteiger partial charge in [0.05, 0.1) is 12.6 Å². The van der Waals surface area contributed by atoms with Crippen LogP contribution in [0.3, 0.4) is 0 Å². The van der Waals surface area contributed by atoms with Crippen molar-refractivity contribution in [2.24, 2.45) is 0 Å². The van der Waals surface area contributed by atoms with Gasteiger partial charge in [-0.2, -0.15) is 0 Å². The zero-order chi connectivity index (χ0) is 13.1. The predicted octanol–water partition coefficient (Wildman–Crippen LogP) is 0.885. The van der Waals surface area contributed by atoms with E-state index in [0.717, 1.165) is 24.2 Å². The third-order valence-corrected chi connectivity index (χ3v) is 2.98. The number of aliphatic hydroxyl groups excluding tert-OH is 1. The van der Waals surface area contributed by atoms with Crippen LogP contribution in [0.1, 0.15) is 26.1 Å². The Balaban J connectivity index is 0.000000576. The summed E-state index contributed by atoms with van der Waals surface area (Å²) in [5.41, 5.74) is 0.631. The van der Waals surface area contributed by atoms with Crippen LogP contribution in [0.5, 0.6) is 0 Å². The van der Waals surface area contributed by atoms with Crippen molar-refractivity contribution in [1.82, 2.24) is 20.2 Å². The minimum absolute atomic E-state index is 0. The Morgan fingerprint density at radius 2 is 2.16 bits per heavy atom. The molecule has 0 bridgehead atoms. The van der Waals surface area contributed by atoms with Crippen LogP contribution in [0.2, 0.25) is 0 Å². The zero-order valence-corrected chi connectivity index (χ0v) is 14.1. The summed E-state index contributed by atoms with van der Waals surface area (Å²) in [6.07, 6.45) is 2.68. The normalized spacial score (nSPS) is 17.3. The quantitative estimate of drug-likeness (QED) is 0.757. The SMILES string of the molecule is CC.Cc1nc(N2CCC2CO)c2cn[n-]c2n1.[Re]. The van der Waals surface area contributed by atoms with E-state index in [2.05, 4.69) is 25.1 Å². The maximum atomic E-state index is 9.19. The van der Waals surface area contributed by atoms with E-state index in [1.165, 1.54) is 0 Å². The summed E-state index contributed by atoms with van der Waals surface area (Å²) in [5.74, 6) is 1.53. The van der Waals surface area contributed by atoms with Crippen LogP contribution < -0.4 is 10.00 Å². The van der Waals surface area contributed by atoms with Gasteiger partial charge in [-0.25, -0.2) is 4.98 Å². The number of anilines is 1. The van der Waals surface area contributed by atoms with Crippen LogP contribution >= 0.6 is 0 Å². The van der Waals surface area contributed by atoms with Crippen LogP contribution in [0.25, 0.3) is 11.0 Å². The van der Waals surface area contributed by atoms with Crippen molar-refractivity contribution in [2.75, 3.05) is 18.1 Å². The van der Waals surface area contributed by atoms with E-state index in [4.69, 9.17) is 0 Å². The fraction of sp³-hybridized carbons (Fsp3) is 0.583. The minimum Gasteiger partial charge on any atom is -0.422 e. The molecule has 6 nitrogen and oxygen atoms in total. The van der Waals surface area contributed by atoms with Gasteiger partial charge < -0.3 is 20.1 Å². The Morgan fingerprint density at radius 1 is 1.42 bits per heavy atom. The molecule has 7 heteroatoms. The molecular weight excluding hydrogens is 416 g/mol. The molecule has 1 aliphatic heterocycles. The molecule has 1 fully saturated rings. The van der Waals surface area contributed by atoms with Gasteiger partial charge in [-0.1, -0.05) is 13.8 Å². The number of hydrogen-bond donors (Lipinski definition) is 1. The first-order valence-electron chi connectivity index (χ1n) is 6.30. The molecule has 2 aromatic heterocycles. The van der Waals surface area contributed by atoms with Crippen molar-refractivity contribution in [3.63, 3.8) is 0 Å². The van der Waals surface area contributed by atoms with Gasteiger partial charge in [0.15, 0.2) is 0 Å². The molecule has 3 rings (SSSR count). The summed E-state index contributed by atoms with van der Waals surface area (Å²) in [7, 11) is 0. The summed E-state index contributed by atoms with van der Waals surface area (Å²) in [5, 5.41) is 17.9. The number of rotatable bonds is 2. The number of nitrogens with zero attached hydrogens (tertiary/aromatic N) is 5. The predicted molar refractivity (Wildman–Crippen MR) is 69.6 cm³/mol. The molecule has 105 valence electrons. The van der Waals surface area contributed by atoms with Crippen molar-refractivity contribution in [1.29, 1.82) is 0 Å². The molecule has 0 saturated carbocycles. The van der Waals surface area contributed by atoms with E-state index >= 15 is 0 Å². The maximum Gasteiger partial charge on any atom is 0.137 e. The molecule has 0 spiro atoms. The van der Waals surface area contributed by atoms with Crippen LogP contribution in [0.4, 0.5) is 5.82 Å². The summed E-state index contributed by atoms with van der Waals surface area (Å²) in [6, 6.07) is 0.174. The number of fused-ring (bicyclic) bond motifs is 1. The van der Waals surface area contributed by atoms with Crippen molar-refractivity contribution in [3.05, 3.63) is 12.0 Å². The molecule has 1 saturated heterocycles. The number of aliphatic hydroxyl groups is 1. The largest absolute Gasteiger partial charge is 0.422 e. The van der Waals surface area contributed by atoms with E-state index in [9.17, 15) is 5.11 Å². The monoisotopic (exact) mass is 435 g/mol. The summed E-state index contributed by atoms with van der Waals surface area (Å²) < 4.78 is 0. The second-order valence-electron chi connectivity index (χ2n) is 3.99. The number of aromatic nitrogens is 4. The first-order valence-corrected chi connectivity index (χ1v) is 6.30. The number of hydrogen-bond acceptors (Lipinski definition) is 5. The molecule has 0 aromatic carbocycles. The molecule has 1 aliphatic rings. The summed E-state index contributed by atoms with van der Waals surface area (Å²) >= 11 is 0. The molecule has 1 atom stereocenters. The second-order valence-corrected chi connectivity index (χ2v) is 3.99. The van der Waals surface area contributed by atoms with Gasteiger partial charge >= 0.3 is 0 Å². The molecule has 1 N–H and O–H groups in total. The second kappa shape index (κ2) is 6.94. The average molecular weight is 435 g/mol. The number of aryl methyl sites for hydroxylation is 1. The first kappa shape index (κ1) is 16.0. The Bertz CT molecular complexity index is 528. The van der Waals surface area contributed by atoms with E-state index in [1.54, 1.807) is 6.20 Å². The Labute approximate surface area is 126 Å². The third-order valence-electron chi connectivity index (χ3n) is 2.98. The van der Waals surface area contributed by atoms with Gasteiger partial charge in [-0.15, -0.1) is 0 Å². The van der Waals surface area contributed by atoms with Crippen molar-refractivity contribution in [2.45, 2.75) is 33.2 Å². The maximum absolute atomic E-state index is 9.19. The van der Waals surface area contributed by atoms with Gasteiger partial charge in [-0.05, 0) is 19.0 Å². The Kier molecular flexibility index (Phi) is 5.86. The summed E-state index contributed by atoms with van der Waals surface area (Å²) in [4.78, 5) is 10.7. The molecule has 19 heavy (non-hydrogen) atoms. The topological polar surface area (TPSA) is 76.2 Å². The van der Waals surface area contributed by atoms with Crippen molar-refractivity contribution < 1.29 is 25.5 Å². The van der Waals surface area contributed by atoms with Gasteiger partial charge in [-0.3, -0.25) is 5.10 Å².